The molecule has 0 radical (unpaired) electrons. The van der Waals surface area contributed by atoms with E-state index in [0.717, 1.165) is 82.7 Å². The lowest BCUT2D eigenvalue weighted by atomic mass is 10.2. The topological polar surface area (TPSA) is 61.4 Å². The monoisotopic (exact) mass is 547 g/mol. The van der Waals surface area contributed by atoms with Crippen molar-refractivity contribution in [3.05, 3.63) is 29.8 Å². The summed E-state index contributed by atoms with van der Waals surface area (Å²) in [5.74, 6) is 1.73. The molecule has 1 unspecified atom stereocenters. The SMILES string of the molecule is CCOCCCNC(=NCc1ccc(OC)cc1)NCC(C)N1CCN(CC)CC1.I. The molecule has 1 atom stereocenters. The summed E-state index contributed by atoms with van der Waals surface area (Å²) >= 11 is 0. The van der Waals surface area contributed by atoms with Crippen molar-refractivity contribution in [1.82, 2.24) is 20.4 Å². The predicted molar refractivity (Wildman–Crippen MR) is 140 cm³/mol. The second-order valence-electron chi connectivity index (χ2n) is 7.69. The van der Waals surface area contributed by atoms with E-state index in [1.807, 2.05) is 19.1 Å². The molecule has 1 aliphatic heterocycles. The smallest absolute Gasteiger partial charge is 0.191 e. The van der Waals surface area contributed by atoms with Crippen molar-refractivity contribution in [2.45, 2.75) is 39.8 Å². The number of methoxy groups -OCH3 is 1. The summed E-state index contributed by atoms with van der Waals surface area (Å²) in [4.78, 5) is 9.87. The predicted octanol–water partition coefficient (Wildman–Crippen LogP) is 2.80. The van der Waals surface area contributed by atoms with E-state index in [2.05, 4.69) is 46.4 Å². The van der Waals surface area contributed by atoms with Crippen molar-refractivity contribution in [2.75, 3.05) is 66.1 Å². The Labute approximate surface area is 206 Å². The molecule has 1 heterocycles. The van der Waals surface area contributed by atoms with E-state index in [9.17, 15) is 0 Å². The van der Waals surface area contributed by atoms with E-state index in [1.54, 1.807) is 7.11 Å². The zero-order chi connectivity index (χ0) is 21.6. The molecule has 0 bridgehead atoms. The molecule has 0 saturated carbocycles. The number of ether oxygens (including phenoxy) is 2. The van der Waals surface area contributed by atoms with Gasteiger partial charge in [-0.05, 0) is 44.5 Å². The van der Waals surface area contributed by atoms with Crippen molar-refractivity contribution in [1.29, 1.82) is 0 Å². The summed E-state index contributed by atoms with van der Waals surface area (Å²) < 4.78 is 10.7. The molecule has 2 N–H and O–H groups in total. The number of aliphatic imine (C=N–C) groups is 1. The quantitative estimate of drug-likeness (QED) is 0.182. The lowest BCUT2D eigenvalue weighted by Gasteiger charge is -2.37. The average molecular weight is 548 g/mol. The van der Waals surface area contributed by atoms with Gasteiger partial charge in [-0.25, -0.2) is 4.99 Å². The highest BCUT2D eigenvalue weighted by atomic mass is 127. The Hall–Kier alpha value is -1.10. The second-order valence-corrected chi connectivity index (χ2v) is 7.69. The first-order chi connectivity index (χ1) is 14.7. The number of piperazine rings is 1. The number of nitrogens with zero attached hydrogens (tertiary/aromatic N) is 3. The van der Waals surface area contributed by atoms with Crippen LogP contribution in [0.1, 0.15) is 32.8 Å². The second kappa shape index (κ2) is 16.5. The molecule has 1 aliphatic rings. The van der Waals surface area contributed by atoms with E-state index in [4.69, 9.17) is 14.5 Å². The fourth-order valence-electron chi connectivity index (χ4n) is 3.49. The van der Waals surface area contributed by atoms with Gasteiger partial charge in [0.2, 0.25) is 0 Å². The van der Waals surface area contributed by atoms with Gasteiger partial charge in [0.05, 0.1) is 13.7 Å². The Balaban J connectivity index is 0.00000480. The van der Waals surface area contributed by atoms with Crippen LogP contribution in [-0.2, 0) is 11.3 Å². The maximum absolute atomic E-state index is 5.44. The minimum absolute atomic E-state index is 0. The van der Waals surface area contributed by atoms with Crippen molar-refractivity contribution in [3.8, 4) is 5.75 Å². The van der Waals surface area contributed by atoms with Crippen LogP contribution in [0.4, 0.5) is 0 Å². The fourth-order valence-corrected chi connectivity index (χ4v) is 3.49. The van der Waals surface area contributed by atoms with Crippen LogP contribution in [0.2, 0.25) is 0 Å². The Bertz CT molecular complexity index is 606. The number of rotatable bonds is 12. The Kier molecular flexibility index (Phi) is 14.9. The molecule has 1 fully saturated rings. The molecule has 1 aromatic carbocycles. The first-order valence-corrected chi connectivity index (χ1v) is 11.4. The number of guanidine groups is 1. The van der Waals surface area contributed by atoms with Crippen LogP contribution in [0, 0.1) is 0 Å². The molecule has 7 nitrogen and oxygen atoms in total. The van der Waals surface area contributed by atoms with Gasteiger partial charge in [-0.3, -0.25) is 4.90 Å². The molecular formula is C23H42IN5O2. The van der Waals surface area contributed by atoms with Crippen molar-refractivity contribution in [2.24, 2.45) is 4.99 Å². The summed E-state index contributed by atoms with van der Waals surface area (Å²) in [7, 11) is 1.69. The van der Waals surface area contributed by atoms with Crippen LogP contribution in [0.25, 0.3) is 0 Å². The summed E-state index contributed by atoms with van der Waals surface area (Å²) in [5, 5.41) is 7.00. The maximum atomic E-state index is 5.44. The van der Waals surface area contributed by atoms with E-state index in [0.29, 0.717) is 12.6 Å². The largest absolute Gasteiger partial charge is 0.497 e. The zero-order valence-electron chi connectivity index (χ0n) is 19.7. The van der Waals surface area contributed by atoms with Gasteiger partial charge in [-0.15, -0.1) is 24.0 Å². The Morgan fingerprint density at radius 3 is 2.42 bits per heavy atom. The van der Waals surface area contributed by atoms with Gasteiger partial charge in [-0.2, -0.15) is 0 Å². The van der Waals surface area contributed by atoms with Crippen LogP contribution in [0.5, 0.6) is 5.75 Å². The van der Waals surface area contributed by atoms with Gasteiger partial charge in [-0.1, -0.05) is 19.1 Å². The third-order valence-corrected chi connectivity index (χ3v) is 5.58. The highest BCUT2D eigenvalue weighted by molar-refractivity contribution is 14.0. The van der Waals surface area contributed by atoms with E-state index < -0.39 is 0 Å². The standard InChI is InChI=1S/C23H41N5O2.HI/c1-5-27-13-15-28(16-14-27)20(3)18-25-23(24-12-7-17-30-6-2)26-19-21-8-10-22(29-4)11-9-21;/h8-11,20H,5-7,12-19H2,1-4H3,(H2,24,25,26);1H. The van der Waals surface area contributed by atoms with Crippen LogP contribution >= 0.6 is 24.0 Å². The maximum Gasteiger partial charge on any atom is 0.191 e. The van der Waals surface area contributed by atoms with Crippen LogP contribution < -0.4 is 15.4 Å². The van der Waals surface area contributed by atoms with Gasteiger partial charge in [0, 0.05) is 58.5 Å². The molecule has 31 heavy (non-hydrogen) atoms. The summed E-state index contributed by atoms with van der Waals surface area (Å²) in [6, 6.07) is 8.55. The number of benzene rings is 1. The lowest BCUT2D eigenvalue weighted by molar-refractivity contribution is 0.107. The first-order valence-electron chi connectivity index (χ1n) is 11.4. The van der Waals surface area contributed by atoms with Gasteiger partial charge in [0.25, 0.3) is 0 Å². The average Bonchev–Trinajstić information content (AvgIpc) is 2.80. The van der Waals surface area contributed by atoms with Crippen LogP contribution in [-0.4, -0.2) is 87.9 Å². The van der Waals surface area contributed by atoms with Crippen molar-refractivity contribution >= 4 is 29.9 Å². The number of nitrogens with one attached hydrogen (secondary N) is 2. The Morgan fingerprint density at radius 1 is 1.10 bits per heavy atom. The normalized spacial score (nSPS) is 16.5. The zero-order valence-corrected chi connectivity index (χ0v) is 22.1. The van der Waals surface area contributed by atoms with Gasteiger partial charge < -0.3 is 25.0 Å². The molecule has 178 valence electrons. The first kappa shape index (κ1) is 27.9. The fraction of sp³-hybridized carbons (Fsp3) is 0.696. The molecule has 0 aromatic heterocycles. The van der Waals surface area contributed by atoms with Gasteiger partial charge >= 0.3 is 0 Å². The number of hydrogen-bond acceptors (Lipinski definition) is 5. The number of halogens is 1. The van der Waals surface area contributed by atoms with E-state index in [-0.39, 0.29) is 24.0 Å². The van der Waals surface area contributed by atoms with E-state index in [1.165, 1.54) is 0 Å². The molecular weight excluding hydrogens is 505 g/mol. The van der Waals surface area contributed by atoms with Gasteiger partial charge in [0.15, 0.2) is 5.96 Å². The van der Waals surface area contributed by atoms with Crippen molar-refractivity contribution in [3.63, 3.8) is 0 Å². The third-order valence-electron chi connectivity index (χ3n) is 5.58. The molecule has 0 aliphatic carbocycles. The minimum Gasteiger partial charge on any atom is -0.497 e. The number of hydrogen-bond donors (Lipinski definition) is 2. The van der Waals surface area contributed by atoms with Gasteiger partial charge in [0.1, 0.15) is 5.75 Å². The van der Waals surface area contributed by atoms with Crippen LogP contribution in [0.3, 0.4) is 0 Å². The summed E-state index contributed by atoms with van der Waals surface area (Å²) in [6.07, 6.45) is 0.964. The molecule has 1 saturated heterocycles. The number of likely N-dealkylation sites (N-methyl/N-ethyl adjacent to an activating group) is 1. The molecule has 8 heteroatoms. The minimum atomic E-state index is 0. The highest BCUT2D eigenvalue weighted by Gasteiger charge is 2.20. The Morgan fingerprint density at radius 2 is 1.81 bits per heavy atom. The lowest BCUT2D eigenvalue weighted by Crippen LogP contribution is -2.53. The van der Waals surface area contributed by atoms with E-state index >= 15 is 0 Å². The van der Waals surface area contributed by atoms with Crippen molar-refractivity contribution < 1.29 is 9.47 Å². The molecule has 1 aromatic rings. The summed E-state index contributed by atoms with van der Waals surface area (Å²) in [5.41, 5.74) is 1.16. The molecule has 0 spiro atoms. The molecule has 0 amide bonds. The molecule has 2 rings (SSSR count). The third kappa shape index (κ3) is 10.9. The van der Waals surface area contributed by atoms with Crippen LogP contribution in [0.15, 0.2) is 29.3 Å². The highest BCUT2D eigenvalue weighted by Crippen LogP contribution is 2.12. The summed E-state index contributed by atoms with van der Waals surface area (Å²) in [6.45, 7) is 16.2.